The molecule has 1 aromatic heterocycles. The summed E-state index contributed by atoms with van der Waals surface area (Å²) in [5.74, 6) is -0.386. The highest BCUT2D eigenvalue weighted by atomic mass is 35.5. The molecule has 0 unspecified atom stereocenters. The molecule has 13 heavy (non-hydrogen) atoms. The molecule has 0 bridgehead atoms. The molecule has 0 spiro atoms. The minimum absolute atomic E-state index is 0.0359. The van der Waals surface area contributed by atoms with Gasteiger partial charge < -0.3 is 5.32 Å². The second-order valence-electron chi connectivity index (χ2n) is 3.15. The van der Waals surface area contributed by atoms with Crippen molar-refractivity contribution in [3.8, 4) is 0 Å². The van der Waals surface area contributed by atoms with Gasteiger partial charge in [-0.15, -0.1) is 0 Å². The van der Waals surface area contributed by atoms with E-state index >= 15 is 0 Å². The smallest absolute Gasteiger partial charge is 0.165 e. The van der Waals surface area contributed by atoms with Crippen molar-refractivity contribution < 1.29 is 4.39 Å². The van der Waals surface area contributed by atoms with Crippen LogP contribution in [-0.2, 0) is 0 Å². The first-order valence-electron chi connectivity index (χ1n) is 4.32. The second-order valence-corrected chi connectivity index (χ2v) is 3.51. The Morgan fingerprint density at radius 3 is 3.15 bits per heavy atom. The number of rotatable bonds is 1. The summed E-state index contributed by atoms with van der Waals surface area (Å²) >= 11 is 5.58. The third-order valence-electron chi connectivity index (χ3n) is 2.31. The normalized spacial score (nSPS) is 22.2. The van der Waals surface area contributed by atoms with Crippen molar-refractivity contribution in [1.82, 2.24) is 10.3 Å². The summed E-state index contributed by atoms with van der Waals surface area (Å²) in [7, 11) is 0. The van der Waals surface area contributed by atoms with Crippen LogP contribution in [0.15, 0.2) is 12.3 Å². The van der Waals surface area contributed by atoms with Crippen LogP contribution in [-0.4, -0.2) is 11.5 Å². The summed E-state index contributed by atoms with van der Waals surface area (Å²) in [5.41, 5.74) is 0.637. The average molecular weight is 201 g/mol. The van der Waals surface area contributed by atoms with E-state index in [9.17, 15) is 4.39 Å². The van der Waals surface area contributed by atoms with E-state index in [2.05, 4.69) is 10.3 Å². The fourth-order valence-corrected chi connectivity index (χ4v) is 1.82. The largest absolute Gasteiger partial charge is 0.310 e. The molecule has 1 saturated heterocycles. The van der Waals surface area contributed by atoms with Crippen LogP contribution < -0.4 is 5.32 Å². The van der Waals surface area contributed by atoms with Gasteiger partial charge in [0.2, 0.25) is 0 Å². The number of hydrogen-bond acceptors (Lipinski definition) is 2. The minimum Gasteiger partial charge on any atom is -0.310 e. The van der Waals surface area contributed by atoms with Gasteiger partial charge in [-0.1, -0.05) is 11.6 Å². The Bertz CT molecular complexity index is 310. The van der Waals surface area contributed by atoms with Gasteiger partial charge in [-0.2, -0.15) is 0 Å². The van der Waals surface area contributed by atoms with Crippen molar-refractivity contribution in [2.75, 3.05) is 6.54 Å². The standard InChI is InChI=1S/C9H10ClFN2/c10-9-8(11)6(3-5-13-9)7-2-1-4-12-7/h3,5,7,12H,1-2,4H2/t7-/m1/s1. The maximum absolute atomic E-state index is 13.4. The number of hydrogen-bond donors (Lipinski definition) is 1. The first-order valence-corrected chi connectivity index (χ1v) is 4.70. The highest BCUT2D eigenvalue weighted by Gasteiger charge is 2.20. The van der Waals surface area contributed by atoms with Crippen LogP contribution >= 0.6 is 11.6 Å². The van der Waals surface area contributed by atoms with Crippen molar-refractivity contribution in [2.45, 2.75) is 18.9 Å². The quantitative estimate of drug-likeness (QED) is 0.704. The molecule has 70 valence electrons. The van der Waals surface area contributed by atoms with Crippen molar-refractivity contribution >= 4 is 11.6 Å². The fourth-order valence-electron chi connectivity index (χ4n) is 1.65. The molecule has 0 radical (unpaired) electrons. The molecule has 4 heteroatoms. The molecule has 0 aliphatic carbocycles. The van der Waals surface area contributed by atoms with Crippen LogP contribution in [0, 0.1) is 5.82 Å². The Kier molecular flexibility index (Phi) is 2.47. The molecule has 1 N–H and O–H groups in total. The second kappa shape index (κ2) is 3.60. The van der Waals surface area contributed by atoms with Crippen LogP contribution in [0.3, 0.4) is 0 Å². The van der Waals surface area contributed by atoms with Crippen LogP contribution in [0.4, 0.5) is 4.39 Å². The lowest BCUT2D eigenvalue weighted by molar-refractivity contribution is 0.554. The van der Waals surface area contributed by atoms with Gasteiger partial charge in [0.1, 0.15) is 0 Å². The van der Waals surface area contributed by atoms with Crippen molar-refractivity contribution in [1.29, 1.82) is 0 Å². The average Bonchev–Trinajstić information content (AvgIpc) is 2.62. The van der Waals surface area contributed by atoms with Crippen LogP contribution in [0.2, 0.25) is 5.15 Å². The molecule has 0 aromatic carbocycles. The number of nitrogens with zero attached hydrogens (tertiary/aromatic N) is 1. The van der Waals surface area contributed by atoms with E-state index in [0.29, 0.717) is 5.56 Å². The van der Waals surface area contributed by atoms with E-state index in [0.717, 1.165) is 19.4 Å². The molecule has 1 aromatic rings. The van der Waals surface area contributed by atoms with Gasteiger partial charge in [-0.3, -0.25) is 0 Å². The SMILES string of the molecule is Fc1c([C@H]2CCCN2)ccnc1Cl. The third kappa shape index (κ3) is 1.67. The first kappa shape index (κ1) is 8.91. The van der Waals surface area contributed by atoms with Crippen molar-refractivity contribution in [2.24, 2.45) is 0 Å². The third-order valence-corrected chi connectivity index (χ3v) is 2.58. The van der Waals surface area contributed by atoms with E-state index in [1.165, 1.54) is 0 Å². The Balaban J connectivity index is 2.33. The van der Waals surface area contributed by atoms with Crippen LogP contribution in [0.1, 0.15) is 24.4 Å². The molecule has 1 aliphatic rings. The predicted octanol–water partition coefficient (Wildman–Crippen LogP) is 2.30. The van der Waals surface area contributed by atoms with Gasteiger partial charge in [0, 0.05) is 17.8 Å². The summed E-state index contributed by atoms with van der Waals surface area (Å²) in [6.07, 6.45) is 3.60. The summed E-state index contributed by atoms with van der Waals surface area (Å²) in [6.45, 7) is 0.948. The number of nitrogens with one attached hydrogen (secondary N) is 1. The van der Waals surface area contributed by atoms with Crippen molar-refractivity contribution in [3.05, 3.63) is 28.8 Å². The van der Waals surface area contributed by atoms with Crippen molar-refractivity contribution in [3.63, 3.8) is 0 Å². The molecule has 2 nitrogen and oxygen atoms in total. The number of pyridine rings is 1. The van der Waals surface area contributed by atoms with Gasteiger partial charge in [0.05, 0.1) is 0 Å². The van der Waals surface area contributed by atoms with Gasteiger partial charge in [-0.25, -0.2) is 9.37 Å². The lowest BCUT2D eigenvalue weighted by Gasteiger charge is -2.11. The minimum atomic E-state index is -0.386. The summed E-state index contributed by atoms with van der Waals surface area (Å²) < 4.78 is 13.4. The first-order chi connectivity index (χ1) is 6.29. The Morgan fingerprint density at radius 1 is 1.62 bits per heavy atom. The molecule has 2 rings (SSSR count). The van der Waals surface area contributed by atoms with E-state index in [4.69, 9.17) is 11.6 Å². The molecular weight excluding hydrogens is 191 g/mol. The number of halogens is 2. The molecule has 0 saturated carbocycles. The highest BCUT2D eigenvalue weighted by molar-refractivity contribution is 6.29. The van der Waals surface area contributed by atoms with Gasteiger partial charge >= 0.3 is 0 Å². The topological polar surface area (TPSA) is 24.9 Å². The molecule has 1 aliphatic heterocycles. The lowest BCUT2D eigenvalue weighted by Crippen LogP contribution is -2.14. The monoisotopic (exact) mass is 200 g/mol. The van der Waals surface area contributed by atoms with Gasteiger partial charge in [0.25, 0.3) is 0 Å². The zero-order chi connectivity index (χ0) is 9.26. The number of aromatic nitrogens is 1. The lowest BCUT2D eigenvalue weighted by atomic mass is 10.1. The Morgan fingerprint density at radius 2 is 2.46 bits per heavy atom. The van der Waals surface area contributed by atoms with Gasteiger partial charge in [-0.05, 0) is 25.5 Å². The maximum atomic E-state index is 13.4. The summed E-state index contributed by atoms with van der Waals surface area (Å²) in [6, 6.07) is 1.80. The maximum Gasteiger partial charge on any atom is 0.165 e. The molecule has 1 atom stereocenters. The summed E-state index contributed by atoms with van der Waals surface area (Å²) in [5, 5.41) is 3.18. The van der Waals surface area contributed by atoms with Crippen LogP contribution in [0.5, 0.6) is 0 Å². The van der Waals surface area contributed by atoms with E-state index in [-0.39, 0.29) is 17.0 Å². The zero-order valence-electron chi connectivity index (χ0n) is 7.06. The fraction of sp³-hybridized carbons (Fsp3) is 0.444. The molecule has 1 fully saturated rings. The van der Waals surface area contributed by atoms with Crippen LogP contribution in [0.25, 0.3) is 0 Å². The predicted molar refractivity (Wildman–Crippen MR) is 49.2 cm³/mol. The van der Waals surface area contributed by atoms with E-state index in [1.807, 2.05) is 0 Å². The van der Waals surface area contributed by atoms with E-state index in [1.54, 1.807) is 12.3 Å². The molecular formula is C9H10ClFN2. The Labute approximate surface area is 81.1 Å². The molecule has 0 amide bonds. The molecule has 2 heterocycles. The summed E-state index contributed by atoms with van der Waals surface area (Å²) in [4.78, 5) is 3.67. The van der Waals surface area contributed by atoms with Gasteiger partial charge in [0.15, 0.2) is 11.0 Å². The highest BCUT2D eigenvalue weighted by Crippen LogP contribution is 2.27. The Hall–Kier alpha value is -0.670. The zero-order valence-corrected chi connectivity index (χ0v) is 7.81. The van der Waals surface area contributed by atoms with E-state index < -0.39 is 0 Å².